The Kier molecular flexibility index (Phi) is 6.38. The predicted molar refractivity (Wildman–Crippen MR) is 86.7 cm³/mol. The minimum absolute atomic E-state index is 0.107. The zero-order valence-corrected chi connectivity index (χ0v) is 14.3. The maximum atomic E-state index is 12.0. The van der Waals surface area contributed by atoms with E-state index in [9.17, 15) is 14.7 Å². The second kappa shape index (κ2) is 7.38. The van der Waals surface area contributed by atoms with Gasteiger partial charge in [0.2, 0.25) is 0 Å². The largest absolute Gasteiger partial charge is 0.480 e. The number of carboxylic acid groups (broad SMARTS) is 1. The molecular formula is C15H28N2O3S. The Bertz CT molecular complexity index is 374. The molecule has 0 aromatic carbocycles. The number of amides is 2. The summed E-state index contributed by atoms with van der Waals surface area (Å²) in [6.07, 6.45) is 7.96. The molecular weight excluding hydrogens is 288 g/mol. The van der Waals surface area contributed by atoms with E-state index in [2.05, 4.69) is 16.9 Å². The van der Waals surface area contributed by atoms with E-state index in [1.54, 1.807) is 20.8 Å². The van der Waals surface area contributed by atoms with E-state index in [1.165, 1.54) is 19.3 Å². The van der Waals surface area contributed by atoms with E-state index in [4.69, 9.17) is 0 Å². The molecule has 0 radical (unpaired) electrons. The number of rotatable bonds is 5. The van der Waals surface area contributed by atoms with E-state index in [1.807, 2.05) is 11.8 Å². The molecule has 1 unspecified atom stereocenters. The zero-order valence-electron chi connectivity index (χ0n) is 13.5. The second-order valence-corrected chi connectivity index (χ2v) is 8.19. The minimum Gasteiger partial charge on any atom is -0.480 e. The molecule has 1 aliphatic carbocycles. The average Bonchev–Trinajstić information content (AvgIpc) is 2.42. The fraction of sp³-hybridized carbons (Fsp3) is 0.867. The van der Waals surface area contributed by atoms with Crippen LogP contribution in [0.5, 0.6) is 0 Å². The highest BCUT2D eigenvalue weighted by Crippen LogP contribution is 2.37. The fourth-order valence-electron chi connectivity index (χ4n) is 2.72. The number of nitrogens with one attached hydrogen (secondary N) is 2. The van der Waals surface area contributed by atoms with Crippen LogP contribution < -0.4 is 10.6 Å². The average molecular weight is 316 g/mol. The van der Waals surface area contributed by atoms with Gasteiger partial charge in [-0.15, -0.1) is 0 Å². The molecule has 1 fully saturated rings. The third kappa shape index (κ3) is 5.41. The zero-order chi connectivity index (χ0) is 16.1. The maximum Gasteiger partial charge on any atom is 0.326 e. The Morgan fingerprint density at radius 2 is 1.81 bits per heavy atom. The summed E-state index contributed by atoms with van der Waals surface area (Å²) in [6, 6.07) is -1.29. The molecule has 122 valence electrons. The topological polar surface area (TPSA) is 78.4 Å². The first-order valence-electron chi connectivity index (χ1n) is 7.52. The lowest BCUT2D eigenvalue weighted by atomic mass is 9.87. The molecule has 1 rings (SSSR count). The minimum atomic E-state index is -1.00. The fourth-order valence-corrected chi connectivity index (χ4v) is 3.63. The van der Waals surface area contributed by atoms with Gasteiger partial charge in [-0.1, -0.05) is 40.0 Å². The van der Waals surface area contributed by atoms with Gasteiger partial charge in [-0.25, -0.2) is 9.59 Å². The van der Waals surface area contributed by atoms with E-state index in [0.717, 1.165) is 12.8 Å². The quantitative estimate of drug-likeness (QED) is 0.729. The van der Waals surface area contributed by atoms with Crippen molar-refractivity contribution in [2.75, 3.05) is 12.8 Å². The molecule has 0 saturated heterocycles. The van der Waals surface area contributed by atoms with E-state index in [0.29, 0.717) is 6.54 Å². The molecule has 0 spiro atoms. The first kappa shape index (κ1) is 18.1. The molecule has 1 aliphatic rings. The van der Waals surface area contributed by atoms with Crippen LogP contribution in [0.2, 0.25) is 0 Å². The highest BCUT2D eigenvalue weighted by Gasteiger charge is 2.34. The van der Waals surface area contributed by atoms with Gasteiger partial charge in [0.15, 0.2) is 0 Å². The molecule has 0 aromatic heterocycles. The van der Waals surface area contributed by atoms with Crippen molar-refractivity contribution in [1.29, 1.82) is 0 Å². The highest BCUT2D eigenvalue weighted by molar-refractivity contribution is 8.00. The van der Waals surface area contributed by atoms with Crippen LogP contribution in [0.3, 0.4) is 0 Å². The van der Waals surface area contributed by atoms with Gasteiger partial charge in [-0.05, 0) is 24.5 Å². The van der Waals surface area contributed by atoms with Gasteiger partial charge >= 0.3 is 12.0 Å². The lowest BCUT2D eigenvalue weighted by molar-refractivity contribution is -0.141. The van der Waals surface area contributed by atoms with Crippen molar-refractivity contribution >= 4 is 23.8 Å². The number of carboxylic acids is 1. The number of carbonyl (C=O) groups is 2. The van der Waals surface area contributed by atoms with Crippen LogP contribution in [0.15, 0.2) is 0 Å². The Morgan fingerprint density at radius 3 is 2.24 bits per heavy atom. The molecule has 6 heteroatoms. The monoisotopic (exact) mass is 316 g/mol. The SMILES string of the molecule is CSC1(CNC(=O)NC(C(=O)O)C(C)(C)C)CCCCC1. The van der Waals surface area contributed by atoms with Crippen LogP contribution in [0.1, 0.15) is 52.9 Å². The van der Waals surface area contributed by atoms with E-state index in [-0.39, 0.29) is 4.75 Å². The van der Waals surface area contributed by atoms with Gasteiger partial charge in [-0.2, -0.15) is 11.8 Å². The molecule has 0 aromatic rings. The van der Waals surface area contributed by atoms with Crippen LogP contribution in [0, 0.1) is 5.41 Å². The van der Waals surface area contributed by atoms with Gasteiger partial charge in [0.1, 0.15) is 6.04 Å². The van der Waals surface area contributed by atoms with Crippen molar-refractivity contribution in [2.24, 2.45) is 5.41 Å². The molecule has 21 heavy (non-hydrogen) atoms. The van der Waals surface area contributed by atoms with Crippen molar-refractivity contribution in [3.63, 3.8) is 0 Å². The second-order valence-electron chi connectivity index (χ2n) is 6.91. The summed E-state index contributed by atoms with van der Waals surface area (Å²) in [6.45, 7) is 6.00. The van der Waals surface area contributed by atoms with Crippen LogP contribution in [-0.4, -0.2) is 40.7 Å². The lowest BCUT2D eigenvalue weighted by Crippen LogP contribution is -2.54. The third-order valence-corrected chi connectivity index (χ3v) is 5.58. The van der Waals surface area contributed by atoms with Crippen molar-refractivity contribution < 1.29 is 14.7 Å². The smallest absolute Gasteiger partial charge is 0.326 e. The molecule has 0 aliphatic heterocycles. The summed E-state index contributed by atoms with van der Waals surface area (Å²) in [4.78, 5) is 23.3. The molecule has 0 heterocycles. The number of hydrogen-bond donors (Lipinski definition) is 3. The number of hydrogen-bond acceptors (Lipinski definition) is 3. The van der Waals surface area contributed by atoms with Gasteiger partial charge in [0.05, 0.1) is 0 Å². The summed E-state index contributed by atoms with van der Waals surface area (Å²) in [5.74, 6) is -1.00. The summed E-state index contributed by atoms with van der Waals surface area (Å²) < 4.78 is 0.107. The molecule has 1 atom stereocenters. The van der Waals surface area contributed by atoms with Crippen molar-refractivity contribution in [2.45, 2.75) is 63.7 Å². The highest BCUT2D eigenvalue weighted by atomic mass is 32.2. The van der Waals surface area contributed by atoms with Crippen molar-refractivity contribution in [3.05, 3.63) is 0 Å². The Labute approximate surface area is 131 Å². The molecule has 0 bridgehead atoms. The van der Waals surface area contributed by atoms with Crippen LogP contribution in [0.25, 0.3) is 0 Å². The standard InChI is InChI=1S/C15H28N2O3S/c1-14(2,3)11(12(18)19)17-13(20)16-10-15(21-4)8-6-5-7-9-15/h11H,5-10H2,1-4H3,(H,18,19)(H2,16,17,20). The van der Waals surface area contributed by atoms with Crippen LogP contribution in [-0.2, 0) is 4.79 Å². The molecule has 5 nitrogen and oxygen atoms in total. The molecule has 3 N–H and O–H groups in total. The van der Waals surface area contributed by atoms with Gasteiger partial charge < -0.3 is 15.7 Å². The summed E-state index contributed by atoms with van der Waals surface area (Å²) in [5.41, 5.74) is -0.523. The normalized spacial score (nSPS) is 19.6. The van der Waals surface area contributed by atoms with E-state index < -0.39 is 23.5 Å². The maximum absolute atomic E-state index is 12.0. The number of thioether (sulfide) groups is 1. The summed E-state index contributed by atoms with van der Waals surface area (Å²) in [7, 11) is 0. The van der Waals surface area contributed by atoms with Gasteiger partial charge in [0.25, 0.3) is 0 Å². The van der Waals surface area contributed by atoms with Gasteiger partial charge in [-0.3, -0.25) is 0 Å². The molecule has 1 saturated carbocycles. The summed E-state index contributed by atoms with van der Waals surface area (Å²) in [5, 5.41) is 14.7. The van der Waals surface area contributed by atoms with E-state index >= 15 is 0 Å². The Balaban J connectivity index is 2.54. The van der Waals surface area contributed by atoms with Crippen LogP contribution >= 0.6 is 11.8 Å². The Hall–Kier alpha value is -0.910. The van der Waals surface area contributed by atoms with Crippen molar-refractivity contribution in [3.8, 4) is 0 Å². The first-order valence-corrected chi connectivity index (χ1v) is 8.75. The molecule has 2 amide bonds. The predicted octanol–water partition coefficient (Wildman–Crippen LogP) is 2.85. The van der Waals surface area contributed by atoms with Crippen LogP contribution in [0.4, 0.5) is 4.79 Å². The number of aliphatic carboxylic acids is 1. The summed E-state index contributed by atoms with van der Waals surface area (Å²) >= 11 is 1.81. The lowest BCUT2D eigenvalue weighted by Gasteiger charge is -2.36. The number of urea groups is 1. The number of carbonyl (C=O) groups excluding carboxylic acids is 1. The van der Waals surface area contributed by atoms with Gasteiger partial charge in [0, 0.05) is 11.3 Å². The third-order valence-electron chi connectivity index (χ3n) is 4.16. The van der Waals surface area contributed by atoms with Crippen molar-refractivity contribution in [1.82, 2.24) is 10.6 Å². The first-order chi connectivity index (χ1) is 9.70. The Morgan fingerprint density at radius 1 is 1.24 bits per heavy atom.